The number of benzene rings is 1. The first-order chi connectivity index (χ1) is 10.7. The monoisotopic (exact) mass is 302 g/mol. The summed E-state index contributed by atoms with van der Waals surface area (Å²) in [5, 5.41) is 26.5. The van der Waals surface area contributed by atoms with Crippen molar-refractivity contribution in [2.24, 2.45) is 0 Å². The number of rotatable bonds is 6. The fraction of sp³-hybridized carbons (Fsp3) is 0.562. The Hall–Kier alpha value is -2.13. The molecule has 1 fully saturated rings. The van der Waals surface area contributed by atoms with Gasteiger partial charge in [0.05, 0.1) is 4.92 Å². The Kier molecular flexibility index (Phi) is 6.16. The van der Waals surface area contributed by atoms with E-state index >= 15 is 0 Å². The number of nitro groups is 1. The number of nitrogens with one attached hydrogen (secondary N) is 2. The quantitative estimate of drug-likeness (QED) is 0.364. The van der Waals surface area contributed by atoms with E-state index in [2.05, 4.69) is 10.6 Å². The van der Waals surface area contributed by atoms with Gasteiger partial charge in [0, 0.05) is 30.9 Å². The van der Waals surface area contributed by atoms with Gasteiger partial charge in [0.15, 0.2) is 0 Å². The van der Waals surface area contributed by atoms with Gasteiger partial charge in [-0.3, -0.25) is 10.1 Å². The maximum atomic E-state index is 10.9. The molecular weight excluding hydrogens is 280 g/mol. The lowest BCUT2D eigenvalue weighted by molar-refractivity contribution is -0.385. The molecule has 0 aliphatic heterocycles. The van der Waals surface area contributed by atoms with Gasteiger partial charge in [-0.25, -0.2) is 0 Å². The molecule has 0 radical (unpaired) electrons. The Bertz CT molecular complexity index is 546. The molecule has 22 heavy (non-hydrogen) atoms. The van der Waals surface area contributed by atoms with Gasteiger partial charge in [0.1, 0.15) is 11.6 Å². The molecule has 1 aromatic carbocycles. The summed E-state index contributed by atoms with van der Waals surface area (Å²) in [6.07, 6.45) is 7.75. The summed E-state index contributed by atoms with van der Waals surface area (Å²) >= 11 is 0. The average molecular weight is 302 g/mol. The van der Waals surface area contributed by atoms with Crippen molar-refractivity contribution < 1.29 is 4.92 Å². The molecule has 6 heteroatoms. The molecule has 1 aliphatic rings. The molecule has 0 aromatic heterocycles. The third-order valence-electron chi connectivity index (χ3n) is 4.06. The third-order valence-corrected chi connectivity index (χ3v) is 4.06. The molecule has 0 heterocycles. The van der Waals surface area contributed by atoms with Crippen LogP contribution in [0.2, 0.25) is 0 Å². The van der Waals surface area contributed by atoms with E-state index in [1.807, 2.05) is 6.07 Å². The summed E-state index contributed by atoms with van der Waals surface area (Å²) in [6, 6.07) is 7.05. The van der Waals surface area contributed by atoms with E-state index in [1.54, 1.807) is 6.07 Å². The first-order valence-electron chi connectivity index (χ1n) is 7.86. The summed E-state index contributed by atoms with van der Waals surface area (Å²) in [6.45, 7) is 1.54. The molecule has 2 N–H and O–H groups in total. The van der Waals surface area contributed by atoms with Crippen LogP contribution in [-0.4, -0.2) is 24.1 Å². The van der Waals surface area contributed by atoms with Crippen molar-refractivity contribution in [3.05, 3.63) is 33.9 Å². The first kappa shape index (κ1) is 16.2. The van der Waals surface area contributed by atoms with Gasteiger partial charge in [-0.05, 0) is 25.0 Å². The number of nitriles is 1. The molecule has 118 valence electrons. The molecule has 0 unspecified atom stereocenters. The van der Waals surface area contributed by atoms with Gasteiger partial charge >= 0.3 is 0 Å². The fourth-order valence-electron chi connectivity index (χ4n) is 2.85. The van der Waals surface area contributed by atoms with Crippen LogP contribution in [0.1, 0.15) is 44.1 Å². The predicted octanol–water partition coefficient (Wildman–Crippen LogP) is 3.19. The van der Waals surface area contributed by atoms with E-state index < -0.39 is 4.92 Å². The van der Waals surface area contributed by atoms with Crippen molar-refractivity contribution in [2.45, 2.75) is 44.6 Å². The normalized spacial score (nSPS) is 15.8. The van der Waals surface area contributed by atoms with E-state index in [0.29, 0.717) is 18.3 Å². The highest BCUT2D eigenvalue weighted by atomic mass is 16.6. The largest absolute Gasteiger partial charge is 0.384 e. The van der Waals surface area contributed by atoms with Gasteiger partial charge in [-0.1, -0.05) is 25.7 Å². The zero-order chi connectivity index (χ0) is 15.8. The van der Waals surface area contributed by atoms with Crippen LogP contribution < -0.4 is 10.6 Å². The molecule has 1 aromatic rings. The maximum absolute atomic E-state index is 10.9. The minimum atomic E-state index is -0.520. The zero-order valence-corrected chi connectivity index (χ0v) is 12.7. The molecule has 1 aliphatic carbocycles. The predicted molar refractivity (Wildman–Crippen MR) is 85.8 cm³/mol. The lowest BCUT2D eigenvalue weighted by atomic mass is 10.1. The second-order valence-corrected chi connectivity index (χ2v) is 5.67. The van der Waals surface area contributed by atoms with Crippen LogP contribution in [0.5, 0.6) is 0 Å². The summed E-state index contributed by atoms with van der Waals surface area (Å²) in [7, 11) is 0. The highest BCUT2D eigenvalue weighted by Crippen LogP contribution is 2.22. The van der Waals surface area contributed by atoms with Crippen LogP contribution in [0, 0.1) is 21.4 Å². The van der Waals surface area contributed by atoms with Crippen LogP contribution in [0.4, 0.5) is 11.4 Å². The third kappa shape index (κ3) is 4.71. The van der Waals surface area contributed by atoms with E-state index in [1.165, 1.54) is 50.7 Å². The molecule has 0 bridgehead atoms. The molecule has 0 amide bonds. The minimum Gasteiger partial charge on any atom is -0.384 e. The topological polar surface area (TPSA) is 91.0 Å². The van der Waals surface area contributed by atoms with Crippen LogP contribution >= 0.6 is 0 Å². The molecule has 2 rings (SSSR count). The van der Waals surface area contributed by atoms with Gasteiger partial charge in [-0.15, -0.1) is 0 Å². The highest BCUT2D eigenvalue weighted by Gasteiger charge is 2.14. The fourth-order valence-corrected chi connectivity index (χ4v) is 2.85. The SMILES string of the molecule is N#Cc1ccc(NCCNC2CCCCCC2)cc1[N+](=O)[O-]. The minimum absolute atomic E-state index is 0.0899. The number of nitro benzene ring substituents is 1. The second kappa shape index (κ2) is 8.35. The lowest BCUT2D eigenvalue weighted by Gasteiger charge is -2.16. The maximum Gasteiger partial charge on any atom is 0.289 e. The summed E-state index contributed by atoms with van der Waals surface area (Å²) in [4.78, 5) is 10.4. The van der Waals surface area contributed by atoms with Crippen molar-refractivity contribution in [3.63, 3.8) is 0 Å². The van der Waals surface area contributed by atoms with Crippen molar-refractivity contribution in [1.82, 2.24) is 5.32 Å². The Morgan fingerprint density at radius 2 is 1.95 bits per heavy atom. The van der Waals surface area contributed by atoms with Crippen LogP contribution in [-0.2, 0) is 0 Å². The second-order valence-electron chi connectivity index (χ2n) is 5.67. The Morgan fingerprint density at radius 1 is 1.23 bits per heavy atom. The Labute approximate surface area is 130 Å². The van der Waals surface area contributed by atoms with Gasteiger partial charge in [-0.2, -0.15) is 5.26 Å². The van der Waals surface area contributed by atoms with Gasteiger partial charge in [0.2, 0.25) is 0 Å². The van der Waals surface area contributed by atoms with Crippen molar-refractivity contribution in [1.29, 1.82) is 5.26 Å². The van der Waals surface area contributed by atoms with Crippen molar-refractivity contribution in [3.8, 4) is 6.07 Å². The highest BCUT2D eigenvalue weighted by molar-refractivity contribution is 5.59. The Balaban J connectivity index is 1.80. The molecular formula is C16H22N4O2. The lowest BCUT2D eigenvalue weighted by Crippen LogP contribution is -2.32. The summed E-state index contributed by atoms with van der Waals surface area (Å²) < 4.78 is 0. The molecule has 1 saturated carbocycles. The molecule has 6 nitrogen and oxygen atoms in total. The average Bonchev–Trinajstić information content (AvgIpc) is 2.80. The number of nitrogens with zero attached hydrogens (tertiary/aromatic N) is 2. The van der Waals surface area contributed by atoms with E-state index in [4.69, 9.17) is 5.26 Å². The number of anilines is 1. The van der Waals surface area contributed by atoms with E-state index in [0.717, 1.165) is 6.54 Å². The summed E-state index contributed by atoms with van der Waals surface area (Å²) in [5.74, 6) is 0. The number of hydrogen-bond donors (Lipinski definition) is 2. The van der Waals surface area contributed by atoms with E-state index in [9.17, 15) is 10.1 Å². The van der Waals surface area contributed by atoms with Crippen molar-refractivity contribution in [2.75, 3.05) is 18.4 Å². The van der Waals surface area contributed by atoms with Crippen LogP contribution in [0.25, 0.3) is 0 Å². The van der Waals surface area contributed by atoms with Gasteiger partial charge < -0.3 is 10.6 Å². The standard InChI is InChI=1S/C16H22N4O2/c17-12-13-7-8-15(11-16(13)20(21)22)19-10-9-18-14-5-3-1-2-4-6-14/h7-8,11,14,18-19H,1-6,9-10H2. The summed E-state index contributed by atoms with van der Waals surface area (Å²) in [5.41, 5.74) is 0.615. The van der Waals surface area contributed by atoms with E-state index in [-0.39, 0.29) is 11.3 Å². The zero-order valence-electron chi connectivity index (χ0n) is 12.7. The van der Waals surface area contributed by atoms with Gasteiger partial charge in [0.25, 0.3) is 5.69 Å². The first-order valence-corrected chi connectivity index (χ1v) is 7.86. The van der Waals surface area contributed by atoms with Crippen LogP contribution in [0.15, 0.2) is 18.2 Å². The molecule has 0 spiro atoms. The number of hydrogen-bond acceptors (Lipinski definition) is 5. The van der Waals surface area contributed by atoms with Crippen LogP contribution in [0.3, 0.4) is 0 Å². The molecule has 0 atom stereocenters. The Morgan fingerprint density at radius 3 is 2.59 bits per heavy atom. The molecule has 0 saturated heterocycles. The van der Waals surface area contributed by atoms with Crippen molar-refractivity contribution >= 4 is 11.4 Å². The smallest absolute Gasteiger partial charge is 0.289 e.